The fraction of sp³-hybridized carbons (Fsp3) is 1.00. The average molecular weight is 245 g/mol. The standard InChI is InChI=1S/C14H31NO2/c1-3-4-5-6-7-8-11-17-12-9-10-14(2,16)13-15/h16H,3-13,15H2,1-2H3. The van der Waals surface area contributed by atoms with Gasteiger partial charge in [0, 0.05) is 19.8 Å². The van der Waals surface area contributed by atoms with Crippen molar-refractivity contribution >= 4 is 0 Å². The molecule has 0 saturated heterocycles. The van der Waals surface area contributed by atoms with Crippen molar-refractivity contribution in [2.24, 2.45) is 5.73 Å². The summed E-state index contributed by atoms with van der Waals surface area (Å²) in [6.45, 7) is 5.94. The lowest BCUT2D eigenvalue weighted by molar-refractivity contribution is 0.0429. The summed E-state index contributed by atoms with van der Waals surface area (Å²) in [4.78, 5) is 0. The molecule has 0 spiro atoms. The Morgan fingerprint density at radius 1 is 1.00 bits per heavy atom. The van der Waals surface area contributed by atoms with Crippen LogP contribution in [0.4, 0.5) is 0 Å². The average Bonchev–Trinajstić information content (AvgIpc) is 2.31. The third-order valence-electron chi connectivity index (χ3n) is 3.09. The van der Waals surface area contributed by atoms with Crippen LogP contribution >= 0.6 is 0 Å². The summed E-state index contributed by atoms with van der Waals surface area (Å²) in [7, 11) is 0. The van der Waals surface area contributed by atoms with Crippen LogP contribution < -0.4 is 5.73 Å². The number of hydrogen-bond donors (Lipinski definition) is 2. The molecular formula is C14H31NO2. The molecule has 0 aromatic rings. The van der Waals surface area contributed by atoms with E-state index in [-0.39, 0.29) is 0 Å². The predicted molar refractivity (Wildman–Crippen MR) is 73.1 cm³/mol. The van der Waals surface area contributed by atoms with Crippen LogP contribution in [0.25, 0.3) is 0 Å². The number of ether oxygens (including phenoxy) is 1. The number of rotatable bonds is 12. The van der Waals surface area contributed by atoms with Crippen molar-refractivity contribution in [3.63, 3.8) is 0 Å². The van der Waals surface area contributed by atoms with Crippen LogP contribution in [0.1, 0.15) is 65.2 Å². The van der Waals surface area contributed by atoms with Crippen LogP contribution in [0.15, 0.2) is 0 Å². The number of hydrogen-bond acceptors (Lipinski definition) is 3. The summed E-state index contributed by atoms with van der Waals surface area (Å²) in [6, 6.07) is 0. The van der Waals surface area contributed by atoms with Crippen molar-refractivity contribution in [3.05, 3.63) is 0 Å². The first-order chi connectivity index (χ1) is 8.12. The second kappa shape index (κ2) is 11.0. The van der Waals surface area contributed by atoms with E-state index >= 15 is 0 Å². The zero-order valence-corrected chi connectivity index (χ0v) is 11.7. The van der Waals surface area contributed by atoms with Crippen molar-refractivity contribution in [3.8, 4) is 0 Å². The van der Waals surface area contributed by atoms with Gasteiger partial charge in [0.2, 0.25) is 0 Å². The number of nitrogens with two attached hydrogens (primary N) is 1. The predicted octanol–water partition coefficient (Wildman–Crippen LogP) is 2.85. The number of aliphatic hydroxyl groups is 1. The summed E-state index contributed by atoms with van der Waals surface area (Å²) >= 11 is 0. The van der Waals surface area contributed by atoms with Gasteiger partial charge in [0.1, 0.15) is 0 Å². The molecule has 0 aliphatic rings. The molecule has 17 heavy (non-hydrogen) atoms. The summed E-state index contributed by atoms with van der Waals surface area (Å²) in [5.41, 5.74) is 4.72. The second-order valence-corrected chi connectivity index (χ2v) is 5.18. The van der Waals surface area contributed by atoms with Crippen LogP contribution in [-0.4, -0.2) is 30.5 Å². The minimum Gasteiger partial charge on any atom is -0.389 e. The summed E-state index contributed by atoms with van der Waals surface area (Å²) in [5.74, 6) is 0. The molecule has 0 heterocycles. The molecule has 0 aromatic heterocycles. The van der Waals surface area contributed by atoms with Gasteiger partial charge in [-0.05, 0) is 26.2 Å². The normalized spacial score (nSPS) is 14.8. The highest BCUT2D eigenvalue weighted by molar-refractivity contribution is 4.72. The molecule has 0 aromatic carbocycles. The van der Waals surface area contributed by atoms with E-state index in [0.717, 1.165) is 32.5 Å². The van der Waals surface area contributed by atoms with E-state index in [0.29, 0.717) is 6.54 Å². The first-order valence-electron chi connectivity index (χ1n) is 7.12. The van der Waals surface area contributed by atoms with Crippen LogP contribution in [-0.2, 0) is 4.74 Å². The highest BCUT2D eigenvalue weighted by Crippen LogP contribution is 2.10. The fourth-order valence-electron chi connectivity index (χ4n) is 1.74. The third-order valence-corrected chi connectivity index (χ3v) is 3.09. The van der Waals surface area contributed by atoms with Crippen LogP contribution in [0.3, 0.4) is 0 Å². The first-order valence-corrected chi connectivity index (χ1v) is 7.12. The molecule has 1 atom stereocenters. The van der Waals surface area contributed by atoms with Crippen molar-refractivity contribution in [1.82, 2.24) is 0 Å². The van der Waals surface area contributed by atoms with Crippen molar-refractivity contribution in [2.45, 2.75) is 70.8 Å². The quantitative estimate of drug-likeness (QED) is 0.520. The second-order valence-electron chi connectivity index (χ2n) is 5.18. The van der Waals surface area contributed by atoms with Crippen LogP contribution in [0, 0.1) is 0 Å². The maximum absolute atomic E-state index is 9.67. The van der Waals surface area contributed by atoms with Crippen molar-refractivity contribution < 1.29 is 9.84 Å². The molecule has 0 bridgehead atoms. The fourth-order valence-corrected chi connectivity index (χ4v) is 1.74. The van der Waals surface area contributed by atoms with Crippen LogP contribution in [0.2, 0.25) is 0 Å². The molecule has 0 aliphatic carbocycles. The Labute approximate surface area is 107 Å². The van der Waals surface area contributed by atoms with Gasteiger partial charge in [0.05, 0.1) is 5.60 Å². The SMILES string of the molecule is CCCCCCCCOCCCC(C)(O)CN. The summed E-state index contributed by atoms with van der Waals surface area (Å²) < 4.78 is 5.53. The topological polar surface area (TPSA) is 55.5 Å². The Balaban J connectivity index is 3.09. The lowest BCUT2D eigenvalue weighted by Gasteiger charge is -2.20. The maximum Gasteiger partial charge on any atom is 0.0742 e. The Morgan fingerprint density at radius 2 is 1.59 bits per heavy atom. The minimum atomic E-state index is -0.719. The summed E-state index contributed by atoms with van der Waals surface area (Å²) in [6.07, 6.45) is 9.40. The highest BCUT2D eigenvalue weighted by atomic mass is 16.5. The van der Waals surface area contributed by atoms with Gasteiger partial charge in [-0.1, -0.05) is 39.0 Å². The van der Waals surface area contributed by atoms with Crippen LogP contribution in [0.5, 0.6) is 0 Å². The largest absolute Gasteiger partial charge is 0.389 e. The molecule has 0 radical (unpaired) electrons. The van der Waals surface area contributed by atoms with E-state index in [1.54, 1.807) is 6.92 Å². The molecule has 1 unspecified atom stereocenters. The molecule has 0 rings (SSSR count). The molecule has 0 fully saturated rings. The van der Waals surface area contributed by atoms with Gasteiger partial charge in [-0.2, -0.15) is 0 Å². The van der Waals surface area contributed by atoms with Gasteiger partial charge in [-0.15, -0.1) is 0 Å². The van der Waals surface area contributed by atoms with Crippen molar-refractivity contribution in [1.29, 1.82) is 0 Å². The lowest BCUT2D eigenvalue weighted by Crippen LogP contribution is -2.34. The first kappa shape index (κ1) is 16.9. The molecular weight excluding hydrogens is 214 g/mol. The molecule has 3 heteroatoms. The van der Waals surface area contributed by atoms with Gasteiger partial charge >= 0.3 is 0 Å². The third kappa shape index (κ3) is 12.1. The maximum atomic E-state index is 9.67. The van der Waals surface area contributed by atoms with E-state index in [1.165, 1.54) is 32.1 Å². The summed E-state index contributed by atoms with van der Waals surface area (Å²) in [5, 5.41) is 9.67. The lowest BCUT2D eigenvalue weighted by atomic mass is 10.0. The van der Waals surface area contributed by atoms with E-state index in [9.17, 15) is 5.11 Å². The Bertz CT molecular complexity index is 160. The van der Waals surface area contributed by atoms with E-state index in [4.69, 9.17) is 10.5 Å². The van der Waals surface area contributed by atoms with Gasteiger partial charge in [-0.25, -0.2) is 0 Å². The molecule has 0 saturated carbocycles. The zero-order chi connectivity index (χ0) is 13.0. The van der Waals surface area contributed by atoms with E-state index in [2.05, 4.69) is 6.92 Å². The van der Waals surface area contributed by atoms with Gasteiger partial charge in [0.15, 0.2) is 0 Å². The Hall–Kier alpha value is -0.120. The van der Waals surface area contributed by atoms with Gasteiger partial charge in [-0.3, -0.25) is 0 Å². The number of unbranched alkanes of at least 4 members (excludes halogenated alkanes) is 5. The van der Waals surface area contributed by atoms with Gasteiger partial charge in [0.25, 0.3) is 0 Å². The monoisotopic (exact) mass is 245 g/mol. The highest BCUT2D eigenvalue weighted by Gasteiger charge is 2.16. The molecule has 0 amide bonds. The molecule has 0 aliphatic heterocycles. The van der Waals surface area contributed by atoms with E-state index in [1.807, 2.05) is 0 Å². The minimum absolute atomic E-state index is 0.324. The molecule has 3 nitrogen and oxygen atoms in total. The van der Waals surface area contributed by atoms with Gasteiger partial charge < -0.3 is 15.6 Å². The molecule has 104 valence electrons. The Morgan fingerprint density at radius 3 is 2.24 bits per heavy atom. The zero-order valence-electron chi connectivity index (χ0n) is 11.7. The Kier molecular flexibility index (Phi) is 10.9. The molecule has 3 N–H and O–H groups in total. The van der Waals surface area contributed by atoms with E-state index < -0.39 is 5.60 Å². The van der Waals surface area contributed by atoms with Crippen molar-refractivity contribution in [2.75, 3.05) is 19.8 Å². The smallest absolute Gasteiger partial charge is 0.0742 e.